The van der Waals surface area contributed by atoms with Gasteiger partial charge >= 0.3 is 6.09 Å². The topological polar surface area (TPSA) is 89.9 Å². The van der Waals surface area contributed by atoms with E-state index in [1.54, 1.807) is 20.8 Å². The first-order chi connectivity index (χ1) is 7.22. The van der Waals surface area contributed by atoms with Gasteiger partial charge in [0.2, 0.25) is 0 Å². The highest BCUT2D eigenvalue weighted by atomic mass is 32.2. The Morgan fingerprint density at radius 2 is 2.06 bits per heavy atom. The molecule has 1 N–H and O–H groups in total. The van der Waals surface area contributed by atoms with E-state index in [1.165, 1.54) is 0 Å². The predicted octanol–water partition coefficient (Wildman–Crippen LogP) is 0.542. The summed E-state index contributed by atoms with van der Waals surface area (Å²) in [5.41, 5.74) is -1.74. The third-order valence-corrected chi connectivity index (χ3v) is 3.10. The monoisotopic (exact) mass is 250 g/mol. The maximum absolute atomic E-state index is 11.6. The molecule has 1 amide bonds. The van der Waals surface area contributed by atoms with E-state index in [-0.39, 0.29) is 6.61 Å². The normalized spacial score (nSPS) is 20.1. The van der Waals surface area contributed by atoms with Gasteiger partial charge in [0.15, 0.2) is 0 Å². The van der Waals surface area contributed by atoms with Crippen LogP contribution in [0.2, 0.25) is 0 Å². The number of amides is 1. The largest absolute Gasteiger partial charge is 0.755 e. The molecule has 0 heterocycles. The van der Waals surface area contributed by atoms with Gasteiger partial charge in [-0.2, -0.15) is 0 Å². The van der Waals surface area contributed by atoms with Crippen molar-refractivity contribution in [2.24, 2.45) is 0 Å². The zero-order valence-corrected chi connectivity index (χ0v) is 10.4. The first-order valence-corrected chi connectivity index (χ1v) is 5.98. The van der Waals surface area contributed by atoms with Crippen molar-refractivity contribution >= 4 is 17.4 Å². The Bertz CT molecular complexity index is 308. The SMILES string of the molecule is CC(C)(C)OC(=O)N(S(=O)[O-])C1(CO)CC1. The summed E-state index contributed by atoms with van der Waals surface area (Å²) < 4.78 is 27.5. The maximum Gasteiger partial charge on any atom is 0.422 e. The maximum atomic E-state index is 11.6. The number of carbonyl (C=O) groups excluding carboxylic acids is 1. The van der Waals surface area contributed by atoms with E-state index in [0.717, 1.165) is 0 Å². The third kappa shape index (κ3) is 2.93. The molecule has 0 spiro atoms. The number of nitrogens with zero attached hydrogens (tertiary/aromatic N) is 1. The number of hydrogen-bond donors (Lipinski definition) is 1. The molecule has 0 saturated heterocycles. The molecule has 0 radical (unpaired) electrons. The van der Waals surface area contributed by atoms with E-state index >= 15 is 0 Å². The van der Waals surface area contributed by atoms with Crippen LogP contribution >= 0.6 is 0 Å². The zero-order chi connectivity index (χ0) is 12.6. The molecule has 1 aliphatic carbocycles. The van der Waals surface area contributed by atoms with Crippen LogP contribution in [-0.4, -0.2) is 42.0 Å². The van der Waals surface area contributed by atoms with Crippen LogP contribution in [-0.2, 0) is 16.0 Å². The molecule has 1 aliphatic rings. The van der Waals surface area contributed by atoms with Crippen molar-refractivity contribution < 1.29 is 23.4 Å². The van der Waals surface area contributed by atoms with E-state index < -0.39 is 28.5 Å². The summed E-state index contributed by atoms with van der Waals surface area (Å²) in [5.74, 6) is 0. The predicted molar refractivity (Wildman–Crippen MR) is 56.0 cm³/mol. The lowest BCUT2D eigenvalue weighted by atomic mass is 10.2. The summed E-state index contributed by atoms with van der Waals surface area (Å²) in [4.78, 5) is 11.6. The van der Waals surface area contributed by atoms with Crippen molar-refractivity contribution in [1.29, 1.82) is 0 Å². The van der Waals surface area contributed by atoms with Crippen LogP contribution < -0.4 is 0 Å². The highest BCUT2D eigenvalue weighted by Crippen LogP contribution is 2.42. The Labute approximate surface area is 97.0 Å². The molecule has 0 aromatic heterocycles. The third-order valence-electron chi connectivity index (χ3n) is 2.26. The van der Waals surface area contributed by atoms with Gasteiger partial charge in [0.1, 0.15) is 5.60 Å². The van der Waals surface area contributed by atoms with Gasteiger partial charge in [-0.25, -0.2) is 9.10 Å². The van der Waals surface area contributed by atoms with Gasteiger partial charge in [-0.3, -0.25) is 4.21 Å². The minimum atomic E-state index is -2.73. The van der Waals surface area contributed by atoms with Gasteiger partial charge in [0.05, 0.1) is 23.4 Å². The van der Waals surface area contributed by atoms with Crippen molar-refractivity contribution in [2.45, 2.75) is 44.8 Å². The molecule has 0 aromatic carbocycles. The van der Waals surface area contributed by atoms with Crippen LogP contribution in [0.5, 0.6) is 0 Å². The summed E-state index contributed by atoms with van der Waals surface area (Å²) in [6.07, 6.45) is 0.000334. The number of carbonyl (C=O) groups is 1. The molecular formula is C9H16NO5S-. The quantitative estimate of drug-likeness (QED) is 0.738. The lowest BCUT2D eigenvalue weighted by Gasteiger charge is -2.33. The average Bonchev–Trinajstić information content (AvgIpc) is 2.81. The molecule has 1 atom stereocenters. The molecule has 94 valence electrons. The Balaban J connectivity index is 2.80. The Morgan fingerprint density at radius 3 is 2.31 bits per heavy atom. The summed E-state index contributed by atoms with van der Waals surface area (Å²) in [5, 5.41) is 9.10. The molecule has 1 fully saturated rings. The lowest BCUT2D eigenvalue weighted by Crippen LogP contribution is -2.47. The van der Waals surface area contributed by atoms with Crippen LogP contribution in [0.15, 0.2) is 0 Å². The lowest BCUT2D eigenvalue weighted by molar-refractivity contribution is 0.0262. The van der Waals surface area contributed by atoms with Gasteiger partial charge in [0, 0.05) is 0 Å². The first-order valence-electron chi connectivity index (χ1n) is 4.95. The Kier molecular flexibility index (Phi) is 3.61. The molecule has 0 aliphatic heterocycles. The summed E-state index contributed by atoms with van der Waals surface area (Å²) >= 11 is -2.73. The summed E-state index contributed by atoms with van der Waals surface area (Å²) in [6.45, 7) is 4.57. The number of aliphatic hydroxyl groups is 1. The molecule has 1 saturated carbocycles. The number of hydrogen-bond acceptors (Lipinski definition) is 5. The van der Waals surface area contributed by atoms with E-state index in [0.29, 0.717) is 17.1 Å². The van der Waals surface area contributed by atoms with Gasteiger partial charge in [-0.1, -0.05) is 0 Å². The molecule has 0 aromatic rings. The molecular weight excluding hydrogens is 234 g/mol. The van der Waals surface area contributed by atoms with Gasteiger partial charge in [-0.15, -0.1) is 0 Å². The van der Waals surface area contributed by atoms with E-state index in [1.807, 2.05) is 0 Å². The molecule has 7 heteroatoms. The Morgan fingerprint density at radius 1 is 1.56 bits per heavy atom. The van der Waals surface area contributed by atoms with Crippen LogP contribution in [0.1, 0.15) is 33.6 Å². The molecule has 1 rings (SSSR count). The number of aliphatic hydroxyl groups excluding tert-OH is 1. The molecule has 16 heavy (non-hydrogen) atoms. The summed E-state index contributed by atoms with van der Waals surface area (Å²) in [6, 6.07) is 0. The highest BCUT2D eigenvalue weighted by molar-refractivity contribution is 7.77. The van der Waals surface area contributed by atoms with Gasteiger partial charge in [-0.05, 0) is 33.6 Å². The Hall–Kier alpha value is -0.660. The van der Waals surface area contributed by atoms with Crippen LogP contribution in [0, 0.1) is 0 Å². The van der Waals surface area contributed by atoms with E-state index in [4.69, 9.17) is 9.84 Å². The van der Waals surface area contributed by atoms with Crippen LogP contribution in [0.4, 0.5) is 4.79 Å². The minimum absolute atomic E-state index is 0.375. The summed E-state index contributed by atoms with van der Waals surface area (Å²) in [7, 11) is 0. The van der Waals surface area contributed by atoms with E-state index in [2.05, 4.69) is 0 Å². The second kappa shape index (κ2) is 4.31. The van der Waals surface area contributed by atoms with Crippen molar-refractivity contribution in [2.75, 3.05) is 6.61 Å². The zero-order valence-electron chi connectivity index (χ0n) is 9.56. The van der Waals surface area contributed by atoms with E-state index in [9.17, 15) is 13.6 Å². The second-order valence-electron chi connectivity index (χ2n) is 4.87. The second-order valence-corrected chi connectivity index (χ2v) is 5.67. The number of rotatable bonds is 3. The fourth-order valence-electron chi connectivity index (χ4n) is 1.29. The average molecular weight is 250 g/mol. The van der Waals surface area contributed by atoms with Crippen molar-refractivity contribution in [1.82, 2.24) is 4.31 Å². The highest BCUT2D eigenvalue weighted by Gasteiger charge is 2.52. The van der Waals surface area contributed by atoms with Crippen molar-refractivity contribution in [3.05, 3.63) is 0 Å². The fraction of sp³-hybridized carbons (Fsp3) is 0.889. The smallest absolute Gasteiger partial charge is 0.422 e. The van der Waals surface area contributed by atoms with Gasteiger partial charge < -0.3 is 14.4 Å². The number of ether oxygens (including phenoxy) is 1. The van der Waals surface area contributed by atoms with Crippen molar-refractivity contribution in [3.8, 4) is 0 Å². The van der Waals surface area contributed by atoms with Crippen molar-refractivity contribution in [3.63, 3.8) is 0 Å². The van der Waals surface area contributed by atoms with Crippen LogP contribution in [0.25, 0.3) is 0 Å². The molecule has 0 bridgehead atoms. The molecule has 6 nitrogen and oxygen atoms in total. The fourth-order valence-corrected chi connectivity index (χ4v) is 2.00. The van der Waals surface area contributed by atoms with Gasteiger partial charge in [0.25, 0.3) is 0 Å². The first kappa shape index (κ1) is 13.4. The minimum Gasteiger partial charge on any atom is -0.755 e. The van der Waals surface area contributed by atoms with Crippen LogP contribution in [0.3, 0.4) is 0 Å². The standard InChI is InChI=1S/C9H17NO5S/c1-8(2,3)15-7(12)10(16(13)14)9(6-11)4-5-9/h11H,4-6H2,1-3H3,(H,13,14)/p-1. The molecule has 1 unspecified atom stereocenters.